The lowest BCUT2D eigenvalue weighted by molar-refractivity contribution is -0.128. The first-order valence-electron chi connectivity index (χ1n) is 5.13. The van der Waals surface area contributed by atoms with Crippen LogP contribution in [0.2, 0.25) is 0 Å². The van der Waals surface area contributed by atoms with Crippen LogP contribution >= 0.6 is 0 Å². The molecule has 74 valence electrons. The van der Waals surface area contributed by atoms with Gasteiger partial charge in [-0.15, -0.1) is 6.58 Å². The van der Waals surface area contributed by atoms with Crippen molar-refractivity contribution < 1.29 is 4.79 Å². The van der Waals surface area contributed by atoms with Crippen LogP contribution in [0.3, 0.4) is 0 Å². The summed E-state index contributed by atoms with van der Waals surface area (Å²) in [6.07, 6.45) is 4.92. The van der Waals surface area contributed by atoms with E-state index in [0.29, 0.717) is 11.7 Å². The molecule has 2 atom stereocenters. The Balaban J connectivity index is 2.71. The van der Waals surface area contributed by atoms with Gasteiger partial charge < -0.3 is 0 Å². The van der Waals surface area contributed by atoms with Crippen LogP contribution in [0.1, 0.15) is 40.0 Å². The van der Waals surface area contributed by atoms with Gasteiger partial charge in [0.1, 0.15) is 5.78 Å². The third kappa shape index (κ3) is 2.20. The number of hydrogen-bond acceptors (Lipinski definition) is 1. The van der Waals surface area contributed by atoms with Crippen molar-refractivity contribution in [3.05, 3.63) is 12.7 Å². The summed E-state index contributed by atoms with van der Waals surface area (Å²) in [6, 6.07) is 0. The van der Waals surface area contributed by atoms with Crippen molar-refractivity contribution in [2.45, 2.75) is 40.0 Å². The molecule has 0 aromatic carbocycles. The van der Waals surface area contributed by atoms with Gasteiger partial charge in [-0.3, -0.25) is 4.79 Å². The predicted molar refractivity (Wildman–Crippen MR) is 55.5 cm³/mol. The molecule has 0 N–H and O–H groups in total. The average molecular weight is 180 g/mol. The van der Waals surface area contributed by atoms with Crippen LogP contribution in [-0.2, 0) is 4.79 Å². The number of allylic oxidation sites excluding steroid dienone is 1. The molecule has 1 saturated carbocycles. The van der Waals surface area contributed by atoms with Crippen molar-refractivity contribution in [2.75, 3.05) is 0 Å². The fourth-order valence-electron chi connectivity index (χ4n) is 2.13. The Labute approximate surface area is 81.2 Å². The molecule has 0 spiro atoms. The smallest absolute Gasteiger partial charge is 0.137 e. The number of hydrogen-bond donors (Lipinski definition) is 0. The van der Waals surface area contributed by atoms with Gasteiger partial charge in [-0.05, 0) is 24.2 Å². The van der Waals surface area contributed by atoms with E-state index >= 15 is 0 Å². The fourth-order valence-corrected chi connectivity index (χ4v) is 2.13. The van der Waals surface area contributed by atoms with E-state index in [1.165, 1.54) is 6.42 Å². The highest BCUT2D eigenvalue weighted by atomic mass is 16.1. The Hall–Kier alpha value is -0.590. The van der Waals surface area contributed by atoms with E-state index in [1.807, 2.05) is 6.08 Å². The third-order valence-corrected chi connectivity index (χ3v) is 3.31. The van der Waals surface area contributed by atoms with Crippen LogP contribution in [0, 0.1) is 17.3 Å². The SMILES string of the molecule is C=CC(C)(C)[C@H]1CC[C@@H](C)CC1=O. The minimum atomic E-state index is -0.0166. The van der Waals surface area contributed by atoms with E-state index in [2.05, 4.69) is 27.4 Å². The number of carbonyl (C=O) groups is 1. The fraction of sp³-hybridized carbons (Fsp3) is 0.750. The molecule has 0 amide bonds. The quantitative estimate of drug-likeness (QED) is 0.596. The molecule has 1 fully saturated rings. The summed E-state index contributed by atoms with van der Waals surface area (Å²) in [5.41, 5.74) is -0.0166. The standard InChI is InChI=1S/C12H20O/c1-5-12(3,4)10-7-6-9(2)8-11(10)13/h5,9-10H,1,6-8H2,2-4H3/t9-,10+/m1/s1. The number of rotatable bonds is 2. The van der Waals surface area contributed by atoms with Gasteiger partial charge in [0, 0.05) is 12.3 Å². The Morgan fingerprint density at radius 2 is 2.08 bits per heavy atom. The number of ketones is 1. The minimum Gasteiger partial charge on any atom is -0.299 e. The van der Waals surface area contributed by atoms with Crippen LogP contribution in [0.4, 0.5) is 0 Å². The molecule has 0 heterocycles. The summed E-state index contributed by atoms with van der Waals surface area (Å²) in [5, 5.41) is 0. The Morgan fingerprint density at radius 1 is 1.46 bits per heavy atom. The Morgan fingerprint density at radius 3 is 2.54 bits per heavy atom. The summed E-state index contributed by atoms with van der Waals surface area (Å²) in [6.45, 7) is 10.2. The van der Waals surface area contributed by atoms with Crippen LogP contribution in [0.15, 0.2) is 12.7 Å². The van der Waals surface area contributed by atoms with E-state index in [-0.39, 0.29) is 11.3 Å². The molecule has 0 aromatic heterocycles. The first-order valence-corrected chi connectivity index (χ1v) is 5.13. The topological polar surface area (TPSA) is 17.1 Å². The number of carbonyl (C=O) groups excluding carboxylic acids is 1. The van der Waals surface area contributed by atoms with Crippen molar-refractivity contribution in [2.24, 2.45) is 17.3 Å². The molecule has 1 aliphatic rings. The lowest BCUT2D eigenvalue weighted by Gasteiger charge is -2.35. The summed E-state index contributed by atoms with van der Waals surface area (Å²) in [7, 11) is 0. The zero-order valence-electron chi connectivity index (χ0n) is 8.97. The van der Waals surface area contributed by atoms with Crippen LogP contribution in [-0.4, -0.2) is 5.78 Å². The largest absolute Gasteiger partial charge is 0.299 e. The van der Waals surface area contributed by atoms with Crippen LogP contribution in [0.5, 0.6) is 0 Å². The minimum absolute atomic E-state index is 0.0166. The second-order valence-corrected chi connectivity index (χ2v) is 4.93. The number of Topliss-reactive ketones (excluding diaryl/α,β-unsaturated/α-hetero) is 1. The van der Waals surface area contributed by atoms with E-state index in [9.17, 15) is 4.79 Å². The van der Waals surface area contributed by atoms with Gasteiger partial charge in [0.05, 0.1) is 0 Å². The summed E-state index contributed by atoms with van der Waals surface area (Å²) < 4.78 is 0. The molecular weight excluding hydrogens is 160 g/mol. The lowest BCUT2D eigenvalue weighted by Crippen LogP contribution is -2.34. The molecular formula is C12H20O. The maximum absolute atomic E-state index is 11.8. The second kappa shape index (κ2) is 3.65. The van der Waals surface area contributed by atoms with Crippen molar-refractivity contribution in [3.63, 3.8) is 0 Å². The third-order valence-electron chi connectivity index (χ3n) is 3.31. The molecule has 1 aliphatic carbocycles. The molecule has 0 aliphatic heterocycles. The summed E-state index contributed by atoms with van der Waals surface area (Å²) >= 11 is 0. The normalized spacial score (nSPS) is 30.2. The van der Waals surface area contributed by atoms with Gasteiger partial charge in [0.25, 0.3) is 0 Å². The molecule has 0 radical (unpaired) electrons. The zero-order valence-corrected chi connectivity index (χ0v) is 8.97. The van der Waals surface area contributed by atoms with Gasteiger partial charge in [-0.2, -0.15) is 0 Å². The Bertz CT molecular complexity index is 215. The maximum Gasteiger partial charge on any atom is 0.137 e. The molecule has 13 heavy (non-hydrogen) atoms. The van der Waals surface area contributed by atoms with E-state index in [0.717, 1.165) is 12.8 Å². The monoisotopic (exact) mass is 180 g/mol. The predicted octanol–water partition coefficient (Wildman–Crippen LogP) is 3.20. The molecule has 1 heteroatoms. The first-order chi connectivity index (χ1) is 5.97. The van der Waals surface area contributed by atoms with Gasteiger partial charge >= 0.3 is 0 Å². The van der Waals surface area contributed by atoms with Gasteiger partial charge in [0.15, 0.2) is 0 Å². The highest BCUT2D eigenvalue weighted by Gasteiger charge is 2.35. The molecule has 0 unspecified atom stereocenters. The van der Waals surface area contributed by atoms with Crippen molar-refractivity contribution >= 4 is 5.78 Å². The van der Waals surface area contributed by atoms with Gasteiger partial charge in [-0.25, -0.2) is 0 Å². The second-order valence-electron chi connectivity index (χ2n) is 4.93. The van der Waals surface area contributed by atoms with Crippen molar-refractivity contribution in [3.8, 4) is 0 Å². The van der Waals surface area contributed by atoms with Gasteiger partial charge in [0.2, 0.25) is 0 Å². The zero-order chi connectivity index (χ0) is 10.1. The highest BCUT2D eigenvalue weighted by molar-refractivity contribution is 5.82. The maximum atomic E-state index is 11.8. The van der Waals surface area contributed by atoms with Crippen molar-refractivity contribution in [1.82, 2.24) is 0 Å². The van der Waals surface area contributed by atoms with E-state index < -0.39 is 0 Å². The Kier molecular flexibility index (Phi) is 2.94. The lowest BCUT2D eigenvalue weighted by atomic mass is 9.68. The summed E-state index contributed by atoms with van der Waals surface area (Å²) in [4.78, 5) is 11.8. The first kappa shape index (κ1) is 10.5. The van der Waals surface area contributed by atoms with E-state index in [1.54, 1.807) is 0 Å². The average Bonchev–Trinajstić information content (AvgIpc) is 2.03. The van der Waals surface area contributed by atoms with Crippen LogP contribution < -0.4 is 0 Å². The van der Waals surface area contributed by atoms with Crippen molar-refractivity contribution in [1.29, 1.82) is 0 Å². The highest BCUT2D eigenvalue weighted by Crippen LogP contribution is 2.38. The molecule has 0 aromatic rings. The molecule has 1 nitrogen and oxygen atoms in total. The molecule has 0 saturated heterocycles. The van der Waals surface area contributed by atoms with Crippen LogP contribution in [0.25, 0.3) is 0 Å². The van der Waals surface area contributed by atoms with Gasteiger partial charge in [-0.1, -0.05) is 26.8 Å². The van der Waals surface area contributed by atoms with E-state index in [4.69, 9.17) is 0 Å². The molecule has 0 bridgehead atoms. The summed E-state index contributed by atoms with van der Waals surface area (Å²) in [5.74, 6) is 1.23. The molecule has 1 rings (SSSR count).